The van der Waals surface area contributed by atoms with Crippen LogP contribution in [-0.4, -0.2) is 14.3 Å². The van der Waals surface area contributed by atoms with Crippen molar-refractivity contribution in [3.63, 3.8) is 0 Å². The van der Waals surface area contributed by atoms with Crippen LogP contribution in [0, 0.1) is 27.7 Å². The second-order valence-electron chi connectivity index (χ2n) is 7.34. The highest BCUT2D eigenvalue weighted by atomic mass is 35.5. The van der Waals surface area contributed by atoms with E-state index in [1.807, 2.05) is 58.0 Å². The van der Waals surface area contributed by atoms with Crippen LogP contribution in [0.5, 0.6) is 0 Å². The van der Waals surface area contributed by atoms with Gasteiger partial charge in [0.25, 0.3) is 15.9 Å². The summed E-state index contributed by atoms with van der Waals surface area (Å²) in [5.74, 6) is -0.413. The van der Waals surface area contributed by atoms with E-state index in [0.29, 0.717) is 11.4 Å². The molecule has 3 rings (SSSR count). The van der Waals surface area contributed by atoms with E-state index < -0.39 is 15.9 Å². The van der Waals surface area contributed by atoms with Crippen LogP contribution in [0.2, 0.25) is 5.02 Å². The number of hydrogen-bond donors (Lipinski definition) is 2. The van der Waals surface area contributed by atoms with Crippen LogP contribution in [0.15, 0.2) is 59.5 Å². The minimum absolute atomic E-state index is 0.0380. The van der Waals surface area contributed by atoms with Gasteiger partial charge < -0.3 is 5.32 Å². The van der Waals surface area contributed by atoms with E-state index in [2.05, 4.69) is 10.0 Å². The van der Waals surface area contributed by atoms with E-state index in [9.17, 15) is 13.2 Å². The molecule has 5 nitrogen and oxygen atoms in total. The average Bonchev–Trinajstić information content (AvgIpc) is 2.67. The number of carbonyl (C=O) groups is 1. The normalized spacial score (nSPS) is 11.2. The highest BCUT2D eigenvalue weighted by Gasteiger charge is 2.21. The number of aryl methyl sites for hydroxylation is 4. The van der Waals surface area contributed by atoms with Crippen molar-refractivity contribution in [1.82, 2.24) is 0 Å². The summed E-state index contributed by atoms with van der Waals surface area (Å²) >= 11 is 6.18. The molecule has 0 bridgehead atoms. The van der Waals surface area contributed by atoms with E-state index in [4.69, 9.17) is 11.6 Å². The topological polar surface area (TPSA) is 75.3 Å². The van der Waals surface area contributed by atoms with Gasteiger partial charge in [0.05, 0.1) is 10.7 Å². The number of carbonyl (C=O) groups excluding carboxylic acids is 1. The minimum Gasteiger partial charge on any atom is -0.322 e. The number of benzene rings is 3. The second-order valence-corrected chi connectivity index (χ2v) is 9.40. The first kappa shape index (κ1) is 21.9. The van der Waals surface area contributed by atoms with E-state index >= 15 is 0 Å². The summed E-state index contributed by atoms with van der Waals surface area (Å²) in [5, 5.41) is 2.87. The van der Waals surface area contributed by atoms with Crippen LogP contribution in [0.25, 0.3) is 0 Å². The van der Waals surface area contributed by atoms with Gasteiger partial charge in [0.1, 0.15) is 4.90 Å². The first-order valence-corrected chi connectivity index (χ1v) is 11.2. The maximum absolute atomic E-state index is 13.0. The summed E-state index contributed by atoms with van der Waals surface area (Å²) < 4.78 is 28.6. The van der Waals surface area contributed by atoms with Gasteiger partial charge in [-0.2, -0.15) is 0 Å². The molecule has 3 aromatic rings. The summed E-state index contributed by atoms with van der Waals surface area (Å²) in [5.41, 5.74) is 4.96. The van der Waals surface area contributed by atoms with Gasteiger partial charge in [0.15, 0.2) is 0 Å². The lowest BCUT2D eigenvalue weighted by Crippen LogP contribution is -2.17. The highest BCUT2D eigenvalue weighted by molar-refractivity contribution is 7.92. The van der Waals surface area contributed by atoms with Crippen LogP contribution < -0.4 is 10.0 Å². The highest BCUT2D eigenvalue weighted by Crippen LogP contribution is 2.27. The van der Waals surface area contributed by atoms with Crippen molar-refractivity contribution in [1.29, 1.82) is 0 Å². The van der Waals surface area contributed by atoms with Crippen molar-refractivity contribution in [2.45, 2.75) is 32.6 Å². The van der Waals surface area contributed by atoms with E-state index in [1.165, 1.54) is 18.2 Å². The predicted octanol–water partition coefficient (Wildman–Crippen LogP) is 5.63. The van der Waals surface area contributed by atoms with E-state index in [1.54, 1.807) is 6.07 Å². The first-order valence-electron chi connectivity index (χ1n) is 9.35. The molecule has 30 heavy (non-hydrogen) atoms. The molecule has 1 amide bonds. The fourth-order valence-corrected chi connectivity index (χ4v) is 4.61. The number of amides is 1. The Balaban J connectivity index is 1.93. The first-order chi connectivity index (χ1) is 14.1. The van der Waals surface area contributed by atoms with Gasteiger partial charge in [-0.3, -0.25) is 9.52 Å². The van der Waals surface area contributed by atoms with Crippen LogP contribution in [0.1, 0.15) is 32.6 Å². The van der Waals surface area contributed by atoms with Crippen LogP contribution in [0.3, 0.4) is 0 Å². The Morgan fingerprint density at radius 2 is 1.37 bits per heavy atom. The van der Waals surface area contributed by atoms with Gasteiger partial charge >= 0.3 is 0 Å². The molecular weight excluding hydrogens is 420 g/mol. The molecule has 0 aromatic heterocycles. The Bertz CT molecular complexity index is 1240. The summed E-state index contributed by atoms with van der Waals surface area (Å²) in [4.78, 5) is 12.6. The average molecular weight is 443 g/mol. The predicted molar refractivity (Wildman–Crippen MR) is 122 cm³/mol. The Kier molecular flexibility index (Phi) is 6.19. The molecule has 156 valence electrons. The van der Waals surface area contributed by atoms with Gasteiger partial charge in [-0.05, 0) is 80.3 Å². The van der Waals surface area contributed by atoms with E-state index in [-0.39, 0.29) is 15.5 Å². The molecule has 0 aliphatic heterocycles. The van der Waals surface area contributed by atoms with Gasteiger partial charge in [-0.1, -0.05) is 35.9 Å². The maximum atomic E-state index is 13.0. The fourth-order valence-electron chi connectivity index (χ4n) is 2.96. The molecule has 0 aliphatic rings. The molecule has 0 unspecified atom stereocenters. The largest absolute Gasteiger partial charge is 0.322 e. The molecule has 0 heterocycles. The molecular formula is C23H23ClN2O3S. The Morgan fingerprint density at radius 3 is 2.00 bits per heavy atom. The molecule has 0 saturated carbocycles. The zero-order valence-corrected chi connectivity index (χ0v) is 18.8. The van der Waals surface area contributed by atoms with Crippen LogP contribution in [0.4, 0.5) is 11.4 Å². The summed E-state index contributed by atoms with van der Waals surface area (Å²) in [6.07, 6.45) is 0. The lowest BCUT2D eigenvalue weighted by Gasteiger charge is -2.14. The van der Waals surface area contributed by atoms with Gasteiger partial charge in [0.2, 0.25) is 0 Å². The van der Waals surface area contributed by atoms with Crippen molar-refractivity contribution < 1.29 is 13.2 Å². The number of hydrogen-bond acceptors (Lipinski definition) is 3. The Labute approximate surface area is 182 Å². The smallest absolute Gasteiger partial charge is 0.263 e. The second kappa shape index (κ2) is 8.50. The SMILES string of the molecule is Cc1ccc(C)c(NC(=O)c2ccc(Cl)c(S(=O)(=O)Nc3cc(C)ccc3C)c2)c1. The zero-order chi connectivity index (χ0) is 22.1. The van der Waals surface area contributed by atoms with Crippen molar-refractivity contribution >= 4 is 38.9 Å². The summed E-state index contributed by atoms with van der Waals surface area (Å²) in [6, 6.07) is 15.4. The Hall–Kier alpha value is -2.83. The van der Waals surface area contributed by atoms with Crippen LogP contribution >= 0.6 is 11.6 Å². The van der Waals surface area contributed by atoms with Gasteiger partial charge in [0, 0.05) is 11.3 Å². The van der Waals surface area contributed by atoms with Crippen molar-refractivity contribution in [2.24, 2.45) is 0 Å². The zero-order valence-electron chi connectivity index (χ0n) is 17.2. The lowest BCUT2D eigenvalue weighted by molar-refractivity contribution is 0.102. The quantitative estimate of drug-likeness (QED) is 0.537. The van der Waals surface area contributed by atoms with Crippen LogP contribution in [-0.2, 0) is 10.0 Å². The summed E-state index contributed by atoms with van der Waals surface area (Å²) in [6.45, 7) is 7.51. The van der Waals surface area contributed by atoms with Crippen molar-refractivity contribution in [3.05, 3.63) is 87.4 Å². The fraction of sp³-hybridized carbons (Fsp3) is 0.174. The lowest BCUT2D eigenvalue weighted by atomic mass is 10.1. The molecule has 0 aliphatic carbocycles. The maximum Gasteiger partial charge on any atom is 0.263 e. The number of halogens is 1. The molecule has 2 N–H and O–H groups in total. The number of nitrogens with one attached hydrogen (secondary N) is 2. The molecule has 0 radical (unpaired) electrons. The Morgan fingerprint density at radius 1 is 0.800 bits per heavy atom. The minimum atomic E-state index is -3.99. The molecule has 0 saturated heterocycles. The number of anilines is 2. The third-order valence-corrected chi connectivity index (χ3v) is 6.61. The van der Waals surface area contributed by atoms with Crippen molar-refractivity contribution in [3.8, 4) is 0 Å². The number of rotatable bonds is 5. The summed E-state index contributed by atoms with van der Waals surface area (Å²) in [7, 11) is -3.99. The van der Waals surface area contributed by atoms with Crippen molar-refractivity contribution in [2.75, 3.05) is 10.0 Å². The third-order valence-electron chi connectivity index (χ3n) is 4.76. The van der Waals surface area contributed by atoms with E-state index in [0.717, 1.165) is 22.3 Å². The monoisotopic (exact) mass is 442 g/mol. The molecule has 0 atom stereocenters. The third kappa shape index (κ3) is 4.83. The van der Waals surface area contributed by atoms with Gasteiger partial charge in [-0.25, -0.2) is 8.42 Å². The standard InChI is InChI=1S/C23H23ClN2O3S/c1-14-5-7-16(3)20(11-14)25-23(27)18-9-10-19(24)22(13-18)30(28,29)26-21-12-15(2)6-8-17(21)4/h5-13,26H,1-4H3,(H,25,27). The molecule has 7 heteroatoms. The molecule has 3 aromatic carbocycles. The molecule has 0 fully saturated rings. The van der Waals surface area contributed by atoms with Gasteiger partial charge in [-0.15, -0.1) is 0 Å². The number of sulfonamides is 1. The molecule has 0 spiro atoms.